The molecule has 190 valence electrons. The van der Waals surface area contributed by atoms with E-state index in [0.717, 1.165) is 10.4 Å². The third-order valence-corrected chi connectivity index (χ3v) is 11.7. The molecule has 0 unspecified atom stereocenters. The summed E-state index contributed by atoms with van der Waals surface area (Å²) in [4.78, 5) is 0. The molecule has 0 saturated heterocycles. The normalized spacial score (nSPS) is 15.0. The Hall–Kier alpha value is -1.99. The second kappa shape index (κ2) is 12.3. The van der Waals surface area contributed by atoms with Gasteiger partial charge >= 0.3 is 0 Å². The molecule has 2 rings (SSSR count). The Morgan fingerprint density at radius 3 is 1.89 bits per heavy atom. The van der Waals surface area contributed by atoms with Gasteiger partial charge in [-0.1, -0.05) is 113 Å². The lowest BCUT2D eigenvalue weighted by molar-refractivity contribution is -0.142. The van der Waals surface area contributed by atoms with Crippen molar-refractivity contribution in [3.05, 3.63) is 73.3 Å². The van der Waals surface area contributed by atoms with Crippen molar-refractivity contribution in [3.63, 3.8) is 0 Å². The molecule has 1 N–H and O–H groups in total. The van der Waals surface area contributed by atoms with E-state index in [1.165, 1.54) is 0 Å². The summed E-state index contributed by atoms with van der Waals surface area (Å²) in [5.41, 5.74) is 1.82. The summed E-state index contributed by atoms with van der Waals surface area (Å²) in [5.74, 6) is 3.19. The lowest BCUT2D eigenvalue weighted by Crippen LogP contribution is -2.68. The minimum absolute atomic E-state index is 0.0139. The molecule has 0 aromatic heterocycles. The van der Waals surface area contributed by atoms with Crippen LogP contribution >= 0.6 is 0 Å². The van der Waals surface area contributed by atoms with Crippen molar-refractivity contribution in [1.29, 1.82) is 0 Å². The van der Waals surface area contributed by atoms with E-state index >= 15 is 0 Å². The fourth-order valence-electron chi connectivity index (χ4n) is 4.19. The molecule has 4 nitrogen and oxygen atoms in total. The molecule has 0 aliphatic rings. The second-order valence-corrected chi connectivity index (χ2v) is 20.0. The Balaban J connectivity index is 2.67. The van der Waals surface area contributed by atoms with Crippen LogP contribution in [0, 0.1) is 11.5 Å². The van der Waals surface area contributed by atoms with Gasteiger partial charge in [-0.2, -0.15) is 0 Å². The van der Waals surface area contributed by atoms with Crippen molar-refractivity contribution in [3.8, 4) is 11.5 Å². The monoisotopic (exact) mass is 510 g/mol. The maximum atomic E-state index is 12.0. The summed E-state index contributed by atoms with van der Waals surface area (Å²) in [6.45, 7) is 17.0. The van der Waals surface area contributed by atoms with Gasteiger partial charge in [-0.25, -0.2) is 0 Å². The standard InChI is InChI=1S/C29H42O4Si2/c1-9-16-27(32-24-31-5)29(30,21-22-34(6,7)8)23-33-35(28(2,3)4,25-17-12-10-13-18-25)26-19-14-11-15-20-26/h9-15,17-20,27,30H,1,16,23-24H2,2-8H3/t27-,29+/m0/s1. The van der Waals surface area contributed by atoms with Gasteiger partial charge in [0.05, 0.1) is 6.61 Å². The summed E-state index contributed by atoms with van der Waals surface area (Å²) in [6, 6.07) is 20.8. The first-order valence-corrected chi connectivity index (χ1v) is 17.5. The van der Waals surface area contributed by atoms with Gasteiger partial charge in [-0.05, 0) is 21.8 Å². The number of aliphatic hydroxyl groups is 1. The molecular formula is C29H42O4Si2. The molecule has 0 amide bonds. The first-order chi connectivity index (χ1) is 16.4. The summed E-state index contributed by atoms with van der Waals surface area (Å²) >= 11 is 0. The number of ether oxygens (including phenoxy) is 2. The van der Waals surface area contributed by atoms with Crippen LogP contribution in [-0.4, -0.2) is 53.7 Å². The average Bonchev–Trinajstić information content (AvgIpc) is 2.81. The molecule has 0 radical (unpaired) electrons. The van der Waals surface area contributed by atoms with Crippen molar-refractivity contribution in [2.24, 2.45) is 0 Å². The lowest BCUT2D eigenvalue weighted by Gasteiger charge is -2.45. The Labute approximate surface area is 214 Å². The molecular weight excluding hydrogens is 468 g/mol. The van der Waals surface area contributed by atoms with Crippen LogP contribution in [0.2, 0.25) is 24.7 Å². The van der Waals surface area contributed by atoms with Gasteiger partial charge < -0.3 is 19.0 Å². The molecule has 2 atom stereocenters. The van der Waals surface area contributed by atoms with Gasteiger partial charge in [0.25, 0.3) is 8.32 Å². The molecule has 35 heavy (non-hydrogen) atoms. The van der Waals surface area contributed by atoms with Crippen LogP contribution in [0.15, 0.2) is 73.3 Å². The van der Waals surface area contributed by atoms with E-state index in [4.69, 9.17) is 13.9 Å². The molecule has 0 aliphatic heterocycles. The van der Waals surface area contributed by atoms with Gasteiger partial charge in [-0.15, -0.1) is 12.1 Å². The maximum absolute atomic E-state index is 12.0. The zero-order valence-electron chi connectivity index (χ0n) is 22.4. The average molecular weight is 511 g/mol. The predicted molar refractivity (Wildman–Crippen MR) is 151 cm³/mol. The highest BCUT2D eigenvalue weighted by Gasteiger charge is 2.52. The summed E-state index contributed by atoms with van der Waals surface area (Å²) in [7, 11) is -3.08. The van der Waals surface area contributed by atoms with E-state index in [-0.39, 0.29) is 18.4 Å². The summed E-state index contributed by atoms with van der Waals surface area (Å²) in [5, 5.41) is 14.1. The number of hydrogen-bond acceptors (Lipinski definition) is 4. The molecule has 0 heterocycles. The quantitative estimate of drug-likeness (QED) is 0.205. The Kier molecular flexibility index (Phi) is 10.3. The van der Waals surface area contributed by atoms with E-state index < -0.39 is 28.1 Å². The Morgan fingerprint density at radius 1 is 0.971 bits per heavy atom. The van der Waals surface area contributed by atoms with Gasteiger partial charge in [0.2, 0.25) is 0 Å². The topological polar surface area (TPSA) is 47.9 Å². The summed E-state index contributed by atoms with van der Waals surface area (Å²) < 4.78 is 18.1. The number of hydrogen-bond donors (Lipinski definition) is 1. The third-order valence-electron chi connectivity index (χ3n) is 5.88. The van der Waals surface area contributed by atoms with Crippen LogP contribution in [0.1, 0.15) is 27.2 Å². The van der Waals surface area contributed by atoms with Crippen molar-refractivity contribution < 1.29 is 19.0 Å². The Morgan fingerprint density at radius 2 is 1.49 bits per heavy atom. The molecule has 0 bridgehead atoms. The number of rotatable bonds is 11. The molecule has 0 saturated carbocycles. The van der Waals surface area contributed by atoms with Gasteiger partial charge in [0.15, 0.2) is 5.60 Å². The zero-order valence-corrected chi connectivity index (χ0v) is 24.4. The maximum Gasteiger partial charge on any atom is 0.261 e. The van der Waals surface area contributed by atoms with E-state index in [2.05, 4.69) is 107 Å². The minimum atomic E-state index is -2.86. The largest absolute Gasteiger partial charge is 0.403 e. The Bertz CT molecular complexity index is 945. The van der Waals surface area contributed by atoms with Gasteiger partial charge in [0, 0.05) is 7.11 Å². The fraction of sp³-hybridized carbons (Fsp3) is 0.448. The van der Waals surface area contributed by atoms with E-state index in [0.29, 0.717) is 6.42 Å². The first-order valence-electron chi connectivity index (χ1n) is 12.1. The highest BCUT2D eigenvalue weighted by atomic mass is 28.4. The van der Waals surface area contributed by atoms with E-state index in [1.807, 2.05) is 12.1 Å². The molecule has 0 aliphatic carbocycles. The van der Waals surface area contributed by atoms with Crippen LogP contribution in [0.3, 0.4) is 0 Å². The molecule has 0 fully saturated rings. The van der Waals surface area contributed by atoms with E-state index in [1.54, 1.807) is 13.2 Å². The van der Waals surface area contributed by atoms with Crippen molar-refractivity contribution in [2.75, 3.05) is 20.5 Å². The van der Waals surface area contributed by atoms with E-state index in [9.17, 15) is 5.11 Å². The highest BCUT2D eigenvalue weighted by molar-refractivity contribution is 6.99. The van der Waals surface area contributed by atoms with Crippen molar-refractivity contribution >= 4 is 26.8 Å². The molecule has 0 spiro atoms. The smallest absolute Gasteiger partial charge is 0.261 e. The van der Waals surface area contributed by atoms with Crippen LogP contribution in [0.25, 0.3) is 0 Å². The summed E-state index contributed by atoms with van der Waals surface area (Å²) in [6.07, 6.45) is 1.52. The number of benzene rings is 2. The fourth-order valence-corrected chi connectivity index (χ4v) is 9.37. The van der Waals surface area contributed by atoms with Crippen LogP contribution in [0.5, 0.6) is 0 Å². The van der Waals surface area contributed by atoms with Gasteiger partial charge in [-0.3, -0.25) is 0 Å². The predicted octanol–water partition coefficient (Wildman–Crippen LogP) is 4.74. The zero-order chi connectivity index (χ0) is 26.2. The minimum Gasteiger partial charge on any atom is -0.403 e. The SMILES string of the molecule is C=CC[C@H](OCOC)[C@@](O)(C#C[Si](C)(C)C)CO[Si](c1ccccc1)(c1ccccc1)C(C)(C)C. The molecule has 6 heteroatoms. The van der Waals surface area contributed by atoms with Gasteiger partial charge in [0.1, 0.15) is 21.0 Å². The number of methoxy groups -OCH3 is 1. The second-order valence-electron chi connectivity index (χ2n) is 11.0. The van der Waals surface area contributed by atoms with Crippen LogP contribution < -0.4 is 10.4 Å². The third kappa shape index (κ3) is 7.50. The molecule has 2 aromatic rings. The highest BCUT2D eigenvalue weighted by Crippen LogP contribution is 2.37. The van der Waals surface area contributed by atoms with Crippen LogP contribution in [-0.2, 0) is 13.9 Å². The van der Waals surface area contributed by atoms with Crippen molar-refractivity contribution in [1.82, 2.24) is 0 Å². The van der Waals surface area contributed by atoms with Crippen LogP contribution in [0.4, 0.5) is 0 Å². The first kappa shape index (κ1) is 29.2. The lowest BCUT2D eigenvalue weighted by atomic mass is 9.96. The molecule has 2 aromatic carbocycles. The van der Waals surface area contributed by atoms with Crippen molar-refractivity contribution in [2.45, 2.75) is 63.6 Å².